The Morgan fingerprint density at radius 2 is 0.649 bits per heavy atom. The molecule has 1 nitrogen and oxygen atoms in total. The van der Waals surface area contributed by atoms with Gasteiger partial charge in [-0.05, 0) is 35.0 Å². The molecule has 3 aliphatic heterocycles. The lowest BCUT2D eigenvalue weighted by atomic mass is 9.11. The van der Waals surface area contributed by atoms with Gasteiger partial charge in [0, 0.05) is 16.5 Å². The van der Waals surface area contributed by atoms with Crippen molar-refractivity contribution in [2.24, 2.45) is 0 Å². The first kappa shape index (κ1) is 31.5. The molecule has 0 bridgehead atoms. The van der Waals surface area contributed by atoms with E-state index < -0.39 is 0 Å². The minimum absolute atomic E-state index is 0.131. The first-order chi connectivity index (χ1) is 28.3. The van der Waals surface area contributed by atoms with Crippen molar-refractivity contribution in [2.75, 3.05) is 0 Å². The summed E-state index contributed by atoms with van der Waals surface area (Å²) in [5, 5.41) is 5.21. The van der Waals surface area contributed by atoms with E-state index >= 15 is 0 Å². The fourth-order valence-corrected chi connectivity index (χ4v) is 11.5. The average Bonchev–Trinajstić information content (AvgIpc) is 3.61. The van der Waals surface area contributed by atoms with Gasteiger partial charge in [-0.15, -0.1) is 0 Å². The van der Waals surface area contributed by atoms with Crippen LogP contribution in [0.2, 0.25) is 0 Å². The van der Waals surface area contributed by atoms with Crippen molar-refractivity contribution in [3.63, 3.8) is 0 Å². The second-order valence-corrected chi connectivity index (χ2v) is 16.2. The smallest absolute Gasteiger partial charge is 0.240 e. The molecule has 0 spiro atoms. The molecule has 0 radical (unpaired) electrons. The fraction of sp³-hybridized carbons (Fsp3) is 0. The summed E-state index contributed by atoms with van der Waals surface area (Å²) in [6, 6.07) is 75.8. The van der Waals surface area contributed by atoms with E-state index in [9.17, 15) is 0 Å². The van der Waals surface area contributed by atoms with Crippen LogP contribution in [0, 0.1) is 0 Å². The molecule has 0 atom stereocenters. The predicted molar refractivity (Wildman–Crippen MR) is 249 cm³/mol. The SMILES string of the molecule is c1ccc2c(c1)B(c1ccc(-n3c4ccccc4c4ccccc43)cc1)c1cccc3c1B2c1cccc2c1B3c1ccccc1B2c1cccc2ccccc12. The predicted octanol–water partition coefficient (Wildman–Crippen LogP) is 2.94. The fourth-order valence-electron chi connectivity index (χ4n) is 11.5. The summed E-state index contributed by atoms with van der Waals surface area (Å²) in [6.45, 7) is 0.632. The summed E-state index contributed by atoms with van der Waals surface area (Å²) in [5.41, 5.74) is 20.9. The third-order valence-corrected chi connectivity index (χ3v) is 13.6. The van der Waals surface area contributed by atoms with Crippen LogP contribution in [0.5, 0.6) is 0 Å². The molecular weight excluding hydrogens is 682 g/mol. The Kier molecular flexibility index (Phi) is 6.58. The topological polar surface area (TPSA) is 4.93 Å². The molecule has 13 rings (SSSR count). The number of hydrogen-bond acceptors (Lipinski definition) is 0. The first-order valence-corrected chi connectivity index (χ1v) is 20.3. The molecule has 0 fully saturated rings. The van der Waals surface area contributed by atoms with Crippen molar-refractivity contribution in [1.29, 1.82) is 0 Å². The number of para-hydroxylation sites is 2. The summed E-state index contributed by atoms with van der Waals surface area (Å²) < 4.78 is 2.42. The van der Waals surface area contributed by atoms with Crippen LogP contribution in [0.15, 0.2) is 200 Å². The standard InChI is InChI=1S/C52H33B4N/c1-2-16-37-34(14-1)15-11-23-40(37)54-42-20-6-8-22-44(42)56-47-26-12-24-45-51(47)55(48-27-13-25-46(54)52(48)56)43-21-7-5-19-41(43)53(45)35-30-32-36(33-31-35)57-49-28-9-3-17-38(49)39-18-4-10-29-50(39)57/h1-33H. The van der Waals surface area contributed by atoms with Gasteiger partial charge >= 0.3 is 0 Å². The van der Waals surface area contributed by atoms with Crippen molar-refractivity contribution < 1.29 is 0 Å². The van der Waals surface area contributed by atoms with Gasteiger partial charge in [0.2, 0.25) is 26.9 Å². The minimum Gasteiger partial charge on any atom is -0.309 e. The molecule has 10 aromatic rings. The lowest BCUT2D eigenvalue weighted by Gasteiger charge is -2.43. The zero-order valence-electron chi connectivity index (χ0n) is 31.3. The lowest BCUT2D eigenvalue weighted by molar-refractivity contribution is 1.18. The average molecular weight is 715 g/mol. The van der Waals surface area contributed by atoms with Crippen molar-refractivity contribution in [2.45, 2.75) is 0 Å². The van der Waals surface area contributed by atoms with Gasteiger partial charge in [-0.3, -0.25) is 0 Å². The van der Waals surface area contributed by atoms with E-state index in [-0.39, 0.29) is 26.9 Å². The van der Waals surface area contributed by atoms with Crippen LogP contribution in [0.1, 0.15) is 0 Å². The molecule has 0 unspecified atom stereocenters. The summed E-state index contributed by atoms with van der Waals surface area (Å²) >= 11 is 0. The lowest BCUT2D eigenvalue weighted by Crippen LogP contribution is -2.89. The van der Waals surface area contributed by atoms with Crippen LogP contribution < -0.4 is 65.6 Å². The molecule has 57 heavy (non-hydrogen) atoms. The number of benzene rings is 9. The Balaban J connectivity index is 1.02. The van der Waals surface area contributed by atoms with Crippen LogP contribution in [-0.4, -0.2) is 31.4 Å². The van der Waals surface area contributed by atoms with Gasteiger partial charge in [0.05, 0.1) is 11.0 Å². The maximum atomic E-state index is 2.45. The highest BCUT2D eigenvalue weighted by Crippen LogP contribution is 2.31. The summed E-state index contributed by atoms with van der Waals surface area (Å²) in [6.07, 6.45) is 0. The molecule has 5 heteroatoms. The number of fused-ring (bicyclic) bond motifs is 10. The van der Waals surface area contributed by atoms with Crippen LogP contribution in [0.4, 0.5) is 0 Å². The summed E-state index contributed by atoms with van der Waals surface area (Å²) in [4.78, 5) is 0. The molecule has 0 N–H and O–H groups in total. The van der Waals surface area contributed by atoms with E-state index in [1.54, 1.807) is 0 Å². The third-order valence-electron chi connectivity index (χ3n) is 13.6. The zero-order valence-corrected chi connectivity index (χ0v) is 31.3. The molecule has 1 aromatic heterocycles. The van der Waals surface area contributed by atoms with Gasteiger partial charge in [0.15, 0.2) is 0 Å². The zero-order chi connectivity index (χ0) is 37.2. The van der Waals surface area contributed by atoms with E-state index in [0.717, 1.165) is 0 Å². The van der Waals surface area contributed by atoms with Crippen LogP contribution in [0.3, 0.4) is 0 Å². The minimum atomic E-state index is 0.131. The molecule has 0 saturated heterocycles. The molecule has 0 aliphatic carbocycles. The van der Waals surface area contributed by atoms with Crippen LogP contribution in [0.25, 0.3) is 38.3 Å². The van der Waals surface area contributed by atoms with Gasteiger partial charge in [0.25, 0.3) is 0 Å². The van der Waals surface area contributed by atoms with E-state index in [0.29, 0.717) is 0 Å². The van der Waals surface area contributed by atoms with E-state index in [1.165, 1.54) is 104 Å². The molecule has 4 heterocycles. The molecule has 0 amide bonds. The third kappa shape index (κ3) is 4.29. The van der Waals surface area contributed by atoms with Gasteiger partial charge in [-0.2, -0.15) is 0 Å². The van der Waals surface area contributed by atoms with Crippen molar-refractivity contribution in [3.8, 4) is 5.69 Å². The second-order valence-electron chi connectivity index (χ2n) is 16.2. The summed E-state index contributed by atoms with van der Waals surface area (Å²) in [5.74, 6) is 0. The highest BCUT2D eigenvalue weighted by molar-refractivity contribution is 7.22. The largest absolute Gasteiger partial charge is 0.309 e. The van der Waals surface area contributed by atoms with E-state index in [2.05, 4.69) is 205 Å². The van der Waals surface area contributed by atoms with Crippen molar-refractivity contribution in [3.05, 3.63) is 200 Å². The summed E-state index contributed by atoms with van der Waals surface area (Å²) in [7, 11) is 0. The molecule has 9 aromatic carbocycles. The number of aromatic nitrogens is 1. The first-order valence-electron chi connectivity index (χ1n) is 20.3. The van der Waals surface area contributed by atoms with Gasteiger partial charge in [0.1, 0.15) is 0 Å². The maximum absolute atomic E-state index is 2.45. The van der Waals surface area contributed by atoms with Crippen molar-refractivity contribution in [1.82, 2.24) is 4.57 Å². The van der Waals surface area contributed by atoms with Gasteiger partial charge in [-0.25, -0.2) is 0 Å². The number of rotatable bonds is 3. The monoisotopic (exact) mass is 715 g/mol. The Morgan fingerprint density at radius 1 is 0.263 bits per heavy atom. The van der Waals surface area contributed by atoms with Crippen LogP contribution >= 0.6 is 0 Å². The highest BCUT2D eigenvalue weighted by atomic mass is 15.0. The van der Waals surface area contributed by atoms with Gasteiger partial charge in [-0.1, -0.05) is 241 Å². The normalized spacial score (nSPS) is 13.5. The Morgan fingerprint density at radius 3 is 1.25 bits per heavy atom. The maximum Gasteiger partial charge on any atom is 0.240 e. The Hall–Kier alpha value is -6.70. The van der Waals surface area contributed by atoms with E-state index in [4.69, 9.17) is 0 Å². The van der Waals surface area contributed by atoms with Gasteiger partial charge < -0.3 is 4.57 Å². The number of nitrogens with zero attached hydrogens (tertiary/aromatic N) is 1. The van der Waals surface area contributed by atoms with Crippen LogP contribution in [-0.2, 0) is 0 Å². The molecule has 0 saturated carbocycles. The quantitative estimate of drug-likeness (QED) is 0.249. The number of hydrogen-bond donors (Lipinski definition) is 0. The molecule has 258 valence electrons. The highest BCUT2D eigenvalue weighted by Gasteiger charge is 2.49. The molecule has 3 aliphatic rings. The molecular formula is C52H33B4N. The Labute approximate surface area is 334 Å². The Bertz CT molecular complexity index is 3230. The second kappa shape index (κ2) is 11.9. The van der Waals surface area contributed by atoms with E-state index in [1.807, 2.05) is 0 Å². The van der Waals surface area contributed by atoms with Crippen molar-refractivity contribution >= 4 is 125 Å².